The maximum Gasteiger partial charge on any atom is 0.412 e. The van der Waals surface area contributed by atoms with E-state index in [2.05, 4.69) is 24.0 Å². The lowest BCUT2D eigenvalue weighted by molar-refractivity contribution is -0.139. The van der Waals surface area contributed by atoms with Crippen LogP contribution < -0.4 is 14.8 Å². The molecule has 1 amide bonds. The van der Waals surface area contributed by atoms with Crippen molar-refractivity contribution in [1.29, 1.82) is 0 Å². The SMILES string of the molecule is C=CC(=O)OCCOCCNC(=O)Oc1c2c(c(OC)c3ccccc13)CC=CC2. The molecule has 7 heteroatoms. The number of methoxy groups -OCH3 is 1. The number of nitrogens with one attached hydrogen (secondary N) is 1. The van der Waals surface area contributed by atoms with E-state index >= 15 is 0 Å². The molecule has 0 aliphatic heterocycles. The maximum atomic E-state index is 12.4. The van der Waals surface area contributed by atoms with Gasteiger partial charge in [-0.15, -0.1) is 0 Å². The Bertz CT molecular complexity index is 966. The molecule has 3 rings (SSSR count). The summed E-state index contributed by atoms with van der Waals surface area (Å²) in [4.78, 5) is 23.3. The fourth-order valence-corrected chi connectivity index (χ4v) is 3.38. The van der Waals surface area contributed by atoms with Crippen LogP contribution >= 0.6 is 0 Å². The van der Waals surface area contributed by atoms with Gasteiger partial charge >= 0.3 is 12.1 Å². The first kappa shape index (κ1) is 21.4. The van der Waals surface area contributed by atoms with Gasteiger partial charge in [0.05, 0.1) is 20.3 Å². The number of rotatable bonds is 9. The van der Waals surface area contributed by atoms with E-state index in [1.165, 1.54) is 0 Å². The molecule has 7 nitrogen and oxygen atoms in total. The van der Waals surface area contributed by atoms with Crippen molar-refractivity contribution in [2.24, 2.45) is 0 Å². The summed E-state index contributed by atoms with van der Waals surface area (Å²) < 4.78 is 21.5. The van der Waals surface area contributed by atoms with E-state index in [4.69, 9.17) is 18.9 Å². The van der Waals surface area contributed by atoms with Crippen LogP contribution in [0.25, 0.3) is 10.8 Å². The molecule has 30 heavy (non-hydrogen) atoms. The van der Waals surface area contributed by atoms with Crippen LogP contribution in [-0.2, 0) is 27.1 Å². The number of allylic oxidation sites excluding steroid dienone is 2. The molecule has 2 aromatic carbocycles. The van der Waals surface area contributed by atoms with E-state index in [-0.39, 0.29) is 26.4 Å². The summed E-state index contributed by atoms with van der Waals surface area (Å²) in [5.41, 5.74) is 2.00. The van der Waals surface area contributed by atoms with Crippen molar-refractivity contribution in [3.8, 4) is 11.5 Å². The summed E-state index contributed by atoms with van der Waals surface area (Å²) in [5, 5.41) is 4.43. The average Bonchev–Trinajstić information content (AvgIpc) is 2.78. The lowest BCUT2D eigenvalue weighted by Gasteiger charge is -2.22. The second-order valence-electron chi connectivity index (χ2n) is 6.55. The fourth-order valence-electron chi connectivity index (χ4n) is 3.38. The van der Waals surface area contributed by atoms with Crippen molar-refractivity contribution < 1.29 is 28.5 Å². The average molecular weight is 411 g/mol. The van der Waals surface area contributed by atoms with Crippen LogP contribution in [0.3, 0.4) is 0 Å². The fraction of sp³-hybridized carbons (Fsp3) is 0.304. The Morgan fingerprint density at radius 2 is 1.70 bits per heavy atom. The normalized spacial score (nSPS) is 12.2. The molecule has 0 radical (unpaired) electrons. The Morgan fingerprint density at radius 3 is 2.37 bits per heavy atom. The monoisotopic (exact) mass is 411 g/mol. The Balaban J connectivity index is 1.63. The van der Waals surface area contributed by atoms with Gasteiger partial charge in [0.25, 0.3) is 0 Å². The zero-order valence-electron chi connectivity index (χ0n) is 16.9. The van der Waals surface area contributed by atoms with Crippen molar-refractivity contribution in [1.82, 2.24) is 5.32 Å². The molecule has 0 unspecified atom stereocenters. The topological polar surface area (TPSA) is 83.1 Å². The molecule has 0 aromatic heterocycles. The molecule has 0 fully saturated rings. The van der Waals surface area contributed by atoms with E-state index in [1.807, 2.05) is 24.3 Å². The van der Waals surface area contributed by atoms with Crippen LogP contribution in [0, 0.1) is 0 Å². The van der Waals surface area contributed by atoms with E-state index in [0.717, 1.165) is 40.1 Å². The highest BCUT2D eigenvalue weighted by atomic mass is 16.6. The molecule has 2 aromatic rings. The number of hydrogen-bond acceptors (Lipinski definition) is 6. The van der Waals surface area contributed by atoms with E-state index < -0.39 is 12.1 Å². The van der Waals surface area contributed by atoms with Gasteiger partial charge in [0.1, 0.15) is 18.1 Å². The van der Waals surface area contributed by atoms with Gasteiger partial charge in [0.15, 0.2) is 0 Å². The zero-order chi connectivity index (χ0) is 21.3. The number of ether oxygens (including phenoxy) is 4. The summed E-state index contributed by atoms with van der Waals surface area (Å²) in [7, 11) is 1.66. The highest BCUT2D eigenvalue weighted by Gasteiger charge is 2.23. The van der Waals surface area contributed by atoms with Gasteiger partial charge in [0.2, 0.25) is 0 Å². The van der Waals surface area contributed by atoms with E-state index in [1.54, 1.807) is 7.11 Å². The molecule has 0 bridgehead atoms. The molecule has 1 N–H and O–H groups in total. The first-order valence-corrected chi connectivity index (χ1v) is 9.73. The lowest BCUT2D eigenvalue weighted by atomic mass is 9.91. The van der Waals surface area contributed by atoms with Gasteiger partial charge in [0, 0.05) is 34.5 Å². The molecule has 1 aliphatic rings. The van der Waals surface area contributed by atoms with Crippen LogP contribution in [0.2, 0.25) is 0 Å². The predicted octanol–water partition coefficient (Wildman–Crippen LogP) is 3.34. The van der Waals surface area contributed by atoms with Crippen LogP contribution in [0.15, 0.2) is 49.1 Å². The van der Waals surface area contributed by atoms with E-state index in [9.17, 15) is 9.59 Å². The Morgan fingerprint density at radius 1 is 1.03 bits per heavy atom. The van der Waals surface area contributed by atoms with Gasteiger partial charge in [-0.25, -0.2) is 9.59 Å². The molecular formula is C23H25NO6. The third kappa shape index (κ3) is 4.99. The third-order valence-corrected chi connectivity index (χ3v) is 4.69. The largest absolute Gasteiger partial charge is 0.496 e. The molecule has 0 atom stereocenters. The second kappa shape index (κ2) is 10.5. The predicted molar refractivity (Wildman–Crippen MR) is 113 cm³/mol. The summed E-state index contributed by atoms with van der Waals surface area (Å²) in [6.07, 6.45) is 6.09. The van der Waals surface area contributed by atoms with Gasteiger partial charge in [-0.05, 0) is 12.8 Å². The van der Waals surface area contributed by atoms with Crippen molar-refractivity contribution in [3.63, 3.8) is 0 Å². The summed E-state index contributed by atoms with van der Waals surface area (Å²) in [6.45, 7) is 4.21. The number of benzene rings is 2. The number of hydrogen-bond donors (Lipinski definition) is 1. The second-order valence-corrected chi connectivity index (χ2v) is 6.55. The standard InChI is InChI=1S/C23H25NO6/c1-3-20(25)29-15-14-28-13-12-24-23(26)30-22-18-10-6-4-8-16(18)21(27-2)17-9-5-7-11-19(17)22/h3-8,10H,1,9,11-15H2,2H3,(H,24,26). The highest BCUT2D eigenvalue weighted by molar-refractivity contribution is 5.97. The minimum atomic E-state index is -0.552. The highest BCUT2D eigenvalue weighted by Crippen LogP contribution is 2.42. The van der Waals surface area contributed by atoms with Crippen LogP contribution in [0.5, 0.6) is 11.5 Å². The van der Waals surface area contributed by atoms with Crippen molar-refractivity contribution >= 4 is 22.8 Å². The summed E-state index contributed by atoms with van der Waals surface area (Å²) >= 11 is 0. The molecule has 0 saturated carbocycles. The van der Waals surface area contributed by atoms with Crippen LogP contribution in [0.4, 0.5) is 4.79 Å². The quantitative estimate of drug-likeness (QED) is 0.295. The van der Waals surface area contributed by atoms with Gasteiger partial charge in [-0.3, -0.25) is 0 Å². The zero-order valence-corrected chi connectivity index (χ0v) is 16.9. The molecule has 0 heterocycles. The number of amides is 1. The number of fused-ring (bicyclic) bond motifs is 2. The minimum Gasteiger partial charge on any atom is -0.496 e. The molecule has 0 spiro atoms. The minimum absolute atomic E-state index is 0.132. The molecule has 1 aliphatic carbocycles. The van der Waals surface area contributed by atoms with Crippen molar-refractivity contribution in [3.05, 3.63) is 60.2 Å². The molecular weight excluding hydrogens is 386 g/mol. The van der Waals surface area contributed by atoms with Crippen LogP contribution in [0.1, 0.15) is 11.1 Å². The van der Waals surface area contributed by atoms with Crippen molar-refractivity contribution in [2.75, 3.05) is 33.5 Å². The van der Waals surface area contributed by atoms with Gasteiger partial charge in [-0.1, -0.05) is 43.0 Å². The Hall–Kier alpha value is -3.32. The van der Waals surface area contributed by atoms with Crippen molar-refractivity contribution in [2.45, 2.75) is 12.8 Å². The first-order chi connectivity index (χ1) is 14.7. The number of carbonyl (C=O) groups excluding carboxylic acids is 2. The lowest BCUT2D eigenvalue weighted by Crippen LogP contribution is -2.30. The summed E-state index contributed by atoms with van der Waals surface area (Å²) in [5.74, 6) is 0.883. The molecule has 158 valence electrons. The van der Waals surface area contributed by atoms with Crippen LogP contribution in [-0.4, -0.2) is 45.5 Å². The smallest absolute Gasteiger partial charge is 0.412 e. The third-order valence-electron chi connectivity index (χ3n) is 4.69. The van der Waals surface area contributed by atoms with E-state index in [0.29, 0.717) is 12.2 Å². The maximum absolute atomic E-state index is 12.4. The van der Waals surface area contributed by atoms with Gasteiger partial charge in [-0.2, -0.15) is 0 Å². The Kier molecular flexibility index (Phi) is 7.45. The summed E-state index contributed by atoms with van der Waals surface area (Å²) in [6, 6.07) is 7.73. The number of esters is 1. The number of carbonyl (C=O) groups is 2. The molecule has 0 saturated heterocycles. The Labute approximate surface area is 175 Å². The first-order valence-electron chi connectivity index (χ1n) is 9.73. The van der Waals surface area contributed by atoms with Gasteiger partial charge < -0.3 is 24.3 Å².